The smallest absolute Gasteiger partial charge is 0.137 e. The molecule has 0 radical (unpaired) electrons. The number of rotatable bonds is 4. The normalized spacial score (nSPS) is 13.2. The van der Waals surface area contributed by atoms with Gasteiger partial charge in [0.05, 0.1) is 5.69 Å². The molecule has 53 heavy (non-hydrogen) atoms. The SMILES string of the molecule is CC1(C)c2ccccc2-c2c(N(c3ccc(-c4cc5ccc6ccccc6c5c5ccccc45)cc3)c3ccc4c(c3)oc3ccccc34)cccc21. The molecule has 9 aromatic carbocycles. The molecule has 0 spiro atoms. The minimum absolute atomic E-state index is 0.109. The van der Waals surface area contributed by atoms with Gasteiger partial charge >= 0.3 is 0 Å². The van der Waals surface area contributed by atoms with Crippen LogP contribution in [0, 0.1) is 0 Å². The molecule has 0 saturated heterocycles. The van der Waals surface area contributed by atoms with Crippen molar-refractivity contribution >= 4 is 71.3 Å². The summed E-state index contributed by atoms with van der Waals surface area (Å²) < 4.78 is 6.45. The lowest BCUT2D eigenvalue weighted by molar-refractivity contribution is 0.660. The van der Waals surface area contributed by atoms with E-state index in [-0.39, 0.29) is 5.41 Å². The molecule has 0 bridgehead atoms. The van der Waals surface area contributed by atoms with Crippen molar-refractivity contribution in [3.05, 3.63) is 187 Å². The Hall–Kier alpha value is -6.64. The first kappa shape index (κ1) is 30.0. The summed E-state index contributed by atoms with van der Waals surface area (Å²) in [6.45, 7) is 4.69. The predicted molar refractivity (Wildman–Crippen MR) is 224 cm³/mol. The number of hydrogen-bond acceptors (Lipinski definition) is 2. The lowest BCUT2D eigenvalue weighted by Gasteiger charge is -2.29. The zero-order chi connectivity index (χ0) is 35.3. The molecule has 0 amide bonds. The molecule has 11 rings (SSSR count). The van der Waals surface area contributed by atoms with E-state index in [1.165, 1.54) is 65.7 Å². The molecule has 0 fully saturated rings. The first-order chi connectivity index (χ1) is 26.0. The molecule has 0 saturated carbocycles. The molecule has 250 valence electrons. The summed E-state index contributed by atoms with van der Waals surface area (Å²) in [6, 6.07) is 64.2. The maximum atomic E-state index is 6.45. The lowest BCUT2D eigenvalue weighted by atomic mass is 9.82. The largest absolute Gasteiger partial charge is 0.456 e. The Bertz CT molecular complexity index is 3090. The van der Waals surface area contributed by atoms with Gasteiger partial charge in [0.1, 0.15) is 11.2 Å². The number of hydrogen-bond donors (Lipinski definition) is 0. The van der Waals surface area contributed by atoms with Crippen molar-refractivity contribution in [2.75, 3.05) is 4.90 Å². The van der Waals surface area contributed by atoms with Crippen LogP contribution in [0.1, 0.15) is 25.0 Å². The van der Waals surface area contributed by atoms with Crippen molar-refractivity contribution in [1.82, 2.24) is 0 Å². The van der Waals surface area contributed by atoms with Gasteiger partial charge in [0.15, 0.2) is 0 Å². The number of anilines is 3. The molecular formula is C51H35NO. The predicted octanol–water partition coefficient (Wildman–Crippen LogP) is 14.5. The summed E-state index contributed by atoms with van der Waals surface area (Å²) in [5.41, 5.74) is 12.7. The third-order valence-electron chi connectivity index (χ3n) is 11.6. The molecule has 0 unspecified atom stereocenters. The molecule has 10 aromatic rings. The van der Waals surface area contributed by atoms with Crippen LogP contribution in [0.3, 0.4) is 0 Å². The fraction of sp³-hybridized carbons (Fsp3) is 0.0588. The van der Waals surface area contributed by atoms with Crippen LogP contribution in [0.25, 0.3) is 76.5 Å². The van der Waals surface area contributed by atoms with Gasteiger partial charge in [-0.25, -0.2) is 0 Å². The number of para-hydroxylation sites is 1. The minimum atomic E-state index is -0.109. The molecule has 0 N–H and O–H groups in total. The molecule has 2 nitrogen and oxygen atoms in total. The third kappa shape index (κ3) is 4.39. The van der Waals surface area contributed by atoms with Crippen LogP contribution < -0.4 is 4.90 Å². The number of benzene rings is 9. The van der Waals surface area contributed by atoms with Crippen molar-refractivity contribution in [1.29, 1.82) is 0 Å². The van der Waals surface area contributed by atoms with Gasteiger partial charge in [-0.2, -0.15) is 0 Å². The number of furan rings is 1. The number of nitrogens with zero attached hydrogens (tertiary/aromatic N) is 1. The van der Waals surface area contributed by atoms with E-state index in [0.717, 1.165) is 39.0 Å². The van der Waals surface area contributed by atoms with E-state index in [2.05, 4.69) is 183 Å². The van der Waals surface area contributed by atoms with E-state index in [9.17, 15) is 0 Å². The Balaban J connectivity index is 1.12. The van der Waals surface area contributed by atoms with Crippen LogP contribution in [-0.4, -0.2) is 0 Å². The van der Waals surface area contributed by atoms with Gasteiger partial charge in [0.2, 0.25) is 0 Å². The van der Waals surface area contributed by atoms with Gasteiger partial charge in [-0.15, -0.1) is 0 Å². The monoisotopic (exact) mass is 677 g/mol. The maximum Gasteiger partial charge on any atom is 0.137 e. The van der Waals surface area contributed by atoms with Gasteiger partial charge in [-0.05, 0) is 103 Å². The summed E-state index contributed by atoms with van der Waals surface area (Å²) >= 11 is 0. The van der Waals surface area contributed by atoms with Crippen molar-refractivity contribution in [2.24, 2.45) is 0 Å². The van der Waals surface area contributed by atoms with E-state index in [4.69, 9.17) is 4.42 Å². The Morgan fingerprint density at radius 2 is 1.09 bits per heavy atom. The van der Waals surface area contributed by atoms with Crippen LogP contribution in [0.5, 0.6) is 0 Å². The standard InChI is InChI=1S/C51H35NO/c1-51(2)44-18-9-7-17-42(44)50-45(51)19-11-20-46(50)52(36-28-29-40-39-15-8-10-21-47(39)53-48(40)31-36)35-26-24-33(25-27-35)43-30-34-23-22-32-12-3-4-13-37(32)49(34)41-16-6-5-14-38(41)43/h3-31H,1-2H3. The van der Waals surface area contributed by atoms with Crippen LogP contribution >= 0.6 is 0 Å². The van der Waals surface area contributed by atoms with Crippen molar-refractivity contribution in [3.8, 4) is 22.3 Å². The molecule has 0 atom stereocenters. The van der Waals surface area contributed by atoms with Crippen LogP contribution in [0.15, 0.2) is 180 Å². The van der Waals surface area contributed by atoms with Crippen LogP contribution in [-0.2, 0) is 5.41 Å². The van der Waals surface area contributed by atoms with Crippen molar-refractivity contribution in [2.45, 2.75) is 19.3 Å². The minimum Gasteiger partial charge on any atom is -0.456 e. The van der Waals surface area contributed by atoms with Crippen LogP contribution in [0.2, 0.25) is 0 Å². The topological polar surface area (TPSA) is 16.4 Å². The Morgan fingerprint density at radius 1 is 0.434 bits per heavy atom. The van der Waals surface area contributed by atoms with Gasteiger partial charge in [0.25, 0.3) is 0 Å². The van der Waals surface area contributed by atoms with E-state index >= 15 is 0 Å². The second-order valence-corrected chi connectivity index (χ2v) is 14.9. The molecular weight excluding hydrogens is 643 g/mol. The van der Waals surface area contributed by atoms with E-state index in [0.29, 0.717) is 0 Å². The van der Waals surface area contributed by atoms with E-state index in [1.807, 2.05) is 12.1 Å². The highest BCUT2D eigenvalue weighted by Crippen LogP contribution is 2.54. The number of fused-ring (bicyclic) bond motifs is 11. The summed E-state index contributed by atoms with van der Waals surface area (Å²) in [5, 5.41) is 9.92. The summed E-state index contributed by atoms with van der Waals surface area (Å²) in [7, 11) is 0. The lowest BCUT2D eigenvalue weighted by Crippen LogP contribution is -2.16. The second kappa shape index (κ2) is 11.2. The van der Waals surface area contributed by atoms with Gasteiger partial charge in [0, 0.05) is 39.2 Å². The summed E-state index contributed by atoms with van der Waals surface area (Å²) in [6.07, 6.45) is 0. The molecule has 1 heterocycles. The average molecular weight is 678 g/mol. The highest BCUT2D eigenvalue weighted by Gasteiger charge is 2.37. The molecule has 1 aliphatic rings. The molecule has 0 aliphatic heterocycles. The second-order valence-electron chi connectivity index (χ2n) is 14.9. The van der Waals surface area contributed by atoms with Gasteiger partial charge in [-0.1, -0.05) is 141 Å². The highest BCUT2D eigenvalue weighted by atomic mass is 16.3. The van der Waals surface area contributed by atoms with Crippen LogP contribution in [0.4, 0.5) is 17.1 Å². The zero-order valence-corrected chi connectivity index (χ0v) is 29.6. The fourth-order valence-corrected chi connectivity index (χ4v) is 9.11. The Labute approximate surface area is 308 Å². The highest BCUT2D eigenvalue weighted by molar-refractivity contribution is 6.23. The first-order valence-corrected chi connectivity index (χ1v) is 18.4. The molecule has 2 heteroatoms. The Morgan fingerprint density at radius 3 is 1.96 bits per heavy atom. The van der Waals surface area contributed by atoms with Gasteiger partial charge in [-0.3, -0.25) is 0 Å². The van der Waals surface area contributed by atoms with E-state index in [1.54, 1.807) is 0 Å². The van der Waals surface area contributed by atoms with E-state index < -0.39 is 0 Å². The van der Waals surface area contributed by atoms with Crippen molar-refractivity contribution < 1.29 is 4.42 Å². The summed E-state index contributed by atoms with van der Waals surface area (Å²) in [5.74, 6) is 0. The van der Waals surface area contributed by atoms with Gasteiger partial charge < -0.3 is 9.32 Å². The zero-order valence-electron chi connectivity index (χ0n) is 29.6. The van der Waals surface area contributed by atoms with Crippen molar-refractivity contribution in [3.63, 3.8) is 0 Å². The third-order valence-corrected chi connectivity index (χ3v) is 11.6. The maximum absolute atomic E-state index is 6.45. The first-order valence-electron chi connectivity index (χ1n) is 18.4. The quantitative estimate of drug-likeness (QED) is 0.172. The summed E-state index contributed by atoms with van der Waals surface area (Å²) in [4.78, 5) is 2.41. The average Bonchev–Trinajstić information content (AvgIpc) is 3.69. The molecule has 1 aromatic heterocycles. The Kier molecular flexibility index (Phi) is 6.33. The fourth-order valence-electron chi connectivity index (χ4n) is 9.11. The molecule has 1 aliphatic carbocycles.